The minimum absolute atomic E-state index is 0.144. The number of benzene rings is 1. The van der Waals surface area contributed by atoms with Crippen LogP contribution >= 0.6 is 0 Å². The Morgan fingerprint density at radius 3 is 2.46 bits per heavy atom. The van der Waals surface area contributed by atoms with Crippen molar-refractivity contribution in [2.45, 2.75) is 40.0 Å². The van der Waals surface area contributed by atoms with E-state index in [4.69, 9.17) is 6.42 Å². The van der Waals surface area contributed by atoms with Crippen LogP contribution in [0.5, 0.6) is 0 Å². The van der Waals surface area contributed by atoms with Gasteiger partial charge in [-0.15, -0.1) is 6.42 Å². The zero-order valence-electron chi connectivity index (χ0n) is 15.6. The molecule has 0 atom stereocenters. The van der Waals surface area contributed by atoms with Gasteiger partial charge in [0.25, 0.3) is 0 Å². The summed E-state index contributed by atoms with van der Waals surface area (Å²) in [6, 6.07) is 8.90. The lowest BCUT2D eigenvalue weighted by Crippen LogP contribution is -2.09. The van der Waals surface area contributed by atoms with Gasteiger partial charge in [-0.1, -0.05) is 44.9 Å². The quantitative estimate of drug-likeness (QED) is 0.491. The summed E-state index contributed by atoms with van der Waals surface area (Å²) in [6.07, 6.45) is 13.4. The van der Waals surface area contributed by atoms with E-state index in [1.807, 2.05) is 13.0 Å². The van der Waals surface area contributed by atoms with Gasteiger partial charge in [0.15, 0.2) is 0 Å². The van der Waals surface area contributed by atoms with Crippen molar-refractivity contribution in [1.82, 2.24) is 4.57 Å². The molecule has 0 amide bonds. The van der Waals surface area contributed by atoms with Crippen LogP contribution in [0, 0.1) is 19.3 Å². The Hall–Kier alpha value is -2.46. The smallest absolute Gasteiger partial charge is 0.0483 e. The van der Waals surface area contributed by atoms with Crippen LogP contribution in [-0.2, 0) is 12.5 Å². The summed E-state index contributed by atoms with van der Waals surface area (Å²) < 4.78 is 2.22. The van der Waals surface area contributed by atoms with Crippen molar-refractivity contribution < 1.29 is 0 Å². The molecule has 0 N–H and O–H groups in total. The zero-order chi connectivity index (χ0) is 17.9. The molecule has 0 aliphatic rings. The normalized spacial score (nSPS) is 12.6. The standard InChI is InChI=1S/C23H27N/c1-8-10-11-18(9-2)19-13-12-17(3)21(14-19)22-15-20(16-24(22)7)23(4,5)6/h1,9-16H,2-7H3/b11-10-,18-9+. The third kappa shape index (κ3) is 3.71. The third-order valence-corrected chi connectivity index (χ3v) is 4.39. The first-order valence-electron chi connectivity index (χ1n) is 8.35. The maximum Gasteiger partial charge on any atom is 0.0483 e. The summed E-state index contributed by atoms with van der Waals surface area (Å²) in [6.45, 7) is 10.9. The highest BCUT2D eigenvalue weighted by Gasteiger charge is 2.18. The van der Waals surface area contributed by atoms with Gasteiger partial charge in [0.05, 0.1) is 0 Å². The van der Waals surface area contributed by atoms with Crippen LogP contribution in [0.25, 0.3) is 16.8 Å². The number of aryl methyl sites for hydroxylation is 2. The fraction of sp³-hybridized carbons (Fsp3) is 0.304. The van der Waals surface area contributed by atoms with Crippen LogP contribution in [0.1, 0.15) is 44.4 Å². The van der Waals surface area contributed by atoms with Crippen LogP contribution in [0.2, 0.25) is 0 Å². The third-order valence-electron chi connectivity index (χ3n) is 4.39. The van der Waals surface area contributed by atoms with Crippen molar-refractivity contribution in [3.05, 3.63) is 65.4 Å². The van der Waals surface area contributed by atoms with Crippen LogP contribution in [0.4, 0.5) is 0 Å². The summed E-state index contributed by atoms with van der Waals surface area (Å²) in [4.78, 5) is 0. The van der Waals surface area contributed by atoms with Gasteiger partial charge in [-0.25, -0.2) is 0 Å². The average molecular weight is 317 g/mol. The summed E-state index contributed by atoms with van der Waals surface area (Å²) in [5.74, 6) is 2.56. The number of nitrogens with zero attached hydrogens (tertiary/aromatic N) is 1. The van der Waals surface area contributed by atoms with Crippen molar-refractivity contribution >= 4 is 5.57 Å². The maximum atomic E-state index is 5.35. The molecule has 1 nitrogen and oxygen atoms in total. The predicted molar refractivity (Wildman–Crippen MR) is 106 cm³/mol. The lowest BCUT2D eigenvalue weighted by molar-refractivity contribution is 0.589. The number of terminal acetylenes is 1. The van der Waals surface area contributed by atoms with Gasteiger partial charge in [-0.05, 0) is 65.8 Å². The summed E-state index contributed by atoms with van der Waals surface area (Å²) in [7, 11) is 2.12. The molecule has 0 saturated heterocycles. The first-order chi connectivity index (χ1) is 11.3. The van der Waals surface area contributed by atoms with Gasteiger partial charge >= 0.3 is 0 Å². The molecule has 0 radical (unpaired) electrons. The Morgan fingerprint density at radius 2 is 1.92 bits per heavy atom. The van der Waals surface area contributed by atoms with E-state index >= 15 is 0 Å². The topological polar surface area (TPSA) is 4.93 Å². The molecule has 0 aliphatic carbocycles. The van der Waals surface area contributed by atoms with Crippen molar-refractivity contribution in [1.29, 1.82) is 0 Å². The van der Waals surface area contributed by atoms with E-state index in [-0.39, 0.29) is 5.41 Å². The predicted octanol–water partition coefficient (Wildman–Crippen LogP) is 5.89. The molecule has 1 aromatic carbocycles. The molecule has 0 spiro atoms. The summed E-state index contributed by atoms with van der Waals surface area (Å²) >= 11 is 0. The van der Waals surface area contributed by atoms with E-state index < -0.39 is 0 Å². The summed E-state index contributed by atoms with van der Waals surface area (Å²) in [5.41, 5.74) is 7.60. The van der Waals surface area contributed by atoms with Crippen LogP contribution < -0.4 is 0 Å². The first-order valence-corrected chi connectivity index (χ1v) is 8.35. The van der Waals surface area contributed by atoms with E-state index in [1.54, 1.807) is 6.08 Å². The number of aromatic nitrogens is 1. The molecule has 1 aromatic heterocycles. The molecule has 24 heavy (non-hydrogen) atoms. The average Bonchev–Trinajstić information content (AvgIpc) is 2.91. The lowest BCUT2D eigenvalue weighted by Gasteiger charge is -2.15. The number of hydrogen-bond acceptors (Lipinski definition) is 0. The van der Waals surface area contributed by atoms with Crippen molar-refractivity contribution in [2.24, 2.45) is 7.05 Å². The second kappa shape index (κ2) is 6.97. The molecule has 0 aliphatic heterocycles. The van der Waals surface area contributed by atoms with Gasteiger partial charge in [0.2, 0.25) is 0 Å². The van der Waals surface area contributed by atoms with Gasteiger partial charge in [0, 0.05) is 24.5 Å². The number of hydrogen-bond donors (Lipinski definition) is 0. The molecule has 0 fully saturated rings. The fourth-order valence-electron chi connectivity index (χ4n) is 2.82. The molecule has 124 valence electrons. The molecule has 0 bridgehead atoms. The molecule has 1 heteroatoms. The van der Waals surface area contributed by atoms with Gasteiger partial charge in [0.1, 0.15) is 0 Å². The molecule has 1 heterocycles. The Labute approximate surface area is 146 Å². The van der Waals surface area contributed by atoms with E-state index in [2.05, 4.69) is 81.8 Å². The number of allylic oxidation sites excluding steroid dienone is 4. The Bertz CT molecular complexity index is 830. The first kappa shape index (κ1) is 17.9. The number of rotatable bonds is 3. The monoisotopic (exact) mass is 317 g/mol. The fourth-order valence-corrected chi connectivity index (χ4v) is 2.82. The van der Waals surface area contributed by atoms with Crippen molar-refractivity contribution in [3.63, 3.8) is 0 Å². The Kier molecular flexibility index (Phi) is 5.20. The van der Waals surface area contributed by atoms with E-state index in [1.165, 1.54) is 27.9 Å². The second-order valence-corrected chi connectivity index (χ2v) is 7.25. The van der Waals surface area contributed by atoms with E-state index in [9.17, 15) is 0 Å². The lowest BCUT2D eigenvalue weighted by atomic mass is 9.88. The van der Waals surface area contributed by atoms with Crippen molar-refractivity contribution in [2.75, 3.05) is 0 Å². The van der Waals surface area contributed by atoms with E-state index in [0.29, 0.717) is 0 Å². The maximum absolute atomic E-state index is 5.35. The minimum atomic E-state index is 0.144. The SMILES string of the molecule is C#C/C=C\C(=C/C)c1ccc(C)c(-c2cc(C(C)(C)C)cn2C)c1. The van der Waals surface area contributed by atoms with E-state index in [0.717, 1.165) is 5.57 Å². The Morgan fingerprint density at radius 1 is 1.21 bits per heavy atom. The summed E-state index contributed by atoms with van der Waals surface area (Å²) in [5, 5.41) is 0. The molecule has 0 unspecified atom stereocenters. The molecule has 2 rings (SSSR count). The highest BCUT2D eigenvalue weighted by molar-refractivity contribution is 5.79. The minimum Gasteiger partial charge on any atom is -0.350 e. The van der Waals surface area contributed by atoms with Gasteiger partial charge in [-0.3, -0.25) is 0 Å². The molecule has 2 aromatic rings. The Balaban J connectivity index is 2.57. The van der Waals surface area contributed by atoms with Gasteiger partial charge < -0.3 is 4.57 Å². The highest BCUT2D eigenvalue weighted by atomic mass is 14.9. The van der Waals surface area contributed by atoms with Gasteiger partial charge in [-0.2, -0.15) is 0 Å². The van der Waals surface area contributed by atoms with Crippen LogP contribution in [0.3, 0.4) is 0 Å². The highest BCUT2D eigenvalue weighted by Crippen LogP contribution is 2.32. The largest absolute Gasteiger partial charge is 0.350 e. The van der Waals surface area contributed by atoms with Crippen LogP contribution in [-0.4, -0.2) is 4.57 Å². The molecular weight excluding hydrogens is 290 g/mol. The second-order valence-electron chi connectivity index (χ2n) is 7.25. The molecular formula is C23H27N. The van der Waals surface area contributed by atoms with Crippen LogP contribution in [0.15, 0.2) is 48.7 Å². The van der Waals surface area contributed by atoms with Crippen molar-refractivity contribution in [3.8, 4) is 23.6 Å². The molecule has 0 saturated carbocycles. The zero-order valence-corrected chi connectivity index (χ0v) is 15.6.